The zero-order valence-corrected chi connectivity index (χ0v) is 24.4. The van der Waals surface area contributed by atoms with Gasteiger partial charge in [0.25, 0.3) is 0 Å². The average molecular weight is 557 g/mol. The van der Waals surface area contributed by atoms with Gasteiger partial charge in [-0.25, -0.2) is 0 Å². The van der Waals surface area contributed by atoms with Crippen LogP contribution >= 0.6 is 0 Å². The summed E-state index contributed by atoms with van der Waals surface area (Å²) in [6, 6.07) is 15.3. The first-order valence-corrected chi connectivity index (χ1v) is 16.8. The predicted octanol–water partition coefficient (Wildman–Crippen LogP) is 5.24. The first-order chi connectivity index (χ1) is 18.6. The van der Waals surface area contributed by atoms with Crippen molar-refractivity contribution < 1.29 is 28.3 Å². The minimum absolute atomic E-state index is 0.0102. The van der Waals surface area contributed by atoms with Crippen molar-refractivity contribution in [1.29, 1.82) is 0 Å². The van der Waals surface area contributed by atoms with Gasteiger partial charge in [-0.05, 0) is 49.7 Å². The topological polar surface area (TPSA) is 79.3 Å². The zero-order valence-electron chi connectivity index (χ0n) is 23.4. The van der Waals surface area contributed by atoms with Crippen molar-refractivity contribution in [3.05, 3.63) is 59.7 Å². The summed E-state index contributed by atoms with van der Waals surface area (Å²) in [4.78, 5) is 29.5. The van der Waals surface area contributed by atoms with Crippen molar-refractivity contribution in [2.24, 2.45) is 5.92 Å². The Balaban J connectivity index is 1.59. The van der Waals surface area contributed by atoms with Crippen LogP contribution < -0.4 is 9.64 Å². The maximum Gasteiger partial charge on any atom is 0.248 e. The van der Waals surface area contributed by atoms with Crippen LogP contribution in [-0.4, -0.2) is 63.1 Å². The SMILES string of the molecule is CO[C@@H]1c2cc(N3CCCCC3=O)ccc2O[C@H](C(CC(=O)N(CCO)Cc2ccccc2)[Si](C)(C)F)[C@H]1C. The normalized spacial score (nSPS) is 22.2. The summed E-state index contributed by atoms with van der Waals surface area (Å²) in [5.41, 5.74) is 1.99. The molecule has 0 bridgehead atoms. The van der Waals surface area contributed by atoms with Crippen LogP contribution in [0.3, 0.4) is 0 Å². The van der Waals surface area contributed by atoms with Gasteiger partial charge in [-0.15, -0.1) is 0 Å². The lowest BCUT2D eigenvalue weighted by Crippen LogP contribution is -2.48. The van der Waals surface area contributed by atoms with E-state index in [2.05, 4.69) is 0 Å². The molecule has 0 saturated carbocycles. The van der Waals surface area contributed by atoms with Crippen LogP contribution in [0.1, 0.15) is 49.8 Å². The van der Waals surface area contributed by atoms with E-state index in [0.29, 0.717) is 25.3 Å². The lowest BCUT2D eigenvalue weighted by molar-refractivity contribution is -0.133. The number of benzene rings is 2. The summed E-state index contributed by atoms with van der Waals surface area (Å²) in [7, 11) is -1.76. The van der Waals surface area contributed by atoms with Crippen LogP contribution in [0.5, 0.6) is 5.75 Å². The molecule has 212 valence electrons. The number of rotatable bonds is 10. The smallest absolute Gasteiger partial charge is 0.248 e. The summed E-state index contributed by atoms with van der Waals surface area (Å²) in [6.45, 7) is 6.27. The van der Waals surface area contributed by atoms with Crippen molar-refractivity contribution in [3.8, 4) is 5.75 Å². The van der Waals surface area contributed by atoms with E-state index in [9.17, 15) is 14.7 Å². The van der Waals surface area contributed by atoms with Gasteiger partial charge in [0.1, 0.15) is 11.9 Å². The van der Waals surface area contributed by atoms with E-state index in [4.69, 9.17) is 9.47 Å². The molecule has 0 aromatic heterocycles. The van der Waals surface area contributed by atoms with Crippen LogP contribution in [-0.2, 0) is 20.9 Å². The molecule has 2 aliphatic rings. The number of methoxy groups -OCH3 is 1. The van der Waals surface area contributed by atoms with Crippen molar-refractivity contribution in [3.63, 3.8) is 0 Å². The van der Waals surface area contributed by atoms with Gasteiger partial charge in [0.05, 0.1) is 12.7 Å². The molecule has 2 amide bonds. The number of piperidine rings is 1. The molecule has 2 heterocycles. The molecule has 2 aliphatic heterocycles. The average Bonchev–Trinajstić information content (AvgIpc) is 2.91. The molecule has 1 unspecified atom stereocenters. The maximum atomic E-state index is 16.0. The summed E-state index contributed by atoms with van der Waals surface area (Å²) < 4.78 is 28.4. The van der Waals surface area contributed by atoms with Crippen molar-refractivity contribution in [2.75, 3.05) is 31.7 Å². The number of aliphatic hydroxyl groups excluding tert-OH is 1. The van der Waals surface area contributed by atoms with E-state index in [1.54, 1.807) is 25.1 Å². The Morgan fingerprint density at radius 3 is 2.62 bits per heavy atom. The molecule has 0 radical (unpaired) electrons. The monoisotopic (exact) mass is 556 g/mol. The summed E-state index contributed by atoms with van der Waals surface area (Å²) in [5.74, 6) is 0.288. The molecule has 1 N–H and O–H groups in total. The van der Waals surface area contributed by atoms with Gasteiger partial charge in [0.15, 0.2) is 0 Å². The minimum Gasteiger partial charge on any atom is -0.490 e. The molecule has 39 heavy (non-hydrogen) atoms. The first kappa shape index (κ1) is 29.2. The zero-order chi connectivity index (χ0) is 28.2. The molecule has 7 nitrogen and oxygen atoms in total. The number of hydrogen-bond acceptors (Lipinski definition) is 5. The second-order valence-corrected chi connectivity index (χ2v) is 15.1. The molecule has 0 aliphatic carbocycles. The number of hydrogen-bond donors (Lipinski definition) is 1. The third kappa shape index (κ3) is 6.70. The lowest BCUT2D eigenvalue weighted by atomic mass is 9.86. The number of carbonyl (C=O) groups excluding carboxylic acids is 2. The second-order valence-electron chi connectivity index (χ2n) is 11.2. The first-order valence-electron chi connectivity index (χ1n) is 13.9. The second kappa shape index (κ2) is 12.6. The molecule has 1 saturated heterocycles. The Labute approximate surface area is 232 Å². The number of nitrogens with zero attached hydrogens (tertiary/aromatic N) is 2. The summed E-state index contributed by atoms with van der Waals surface area (Å²) >= 11 is 0. The van der Waals surface area contributed by atoms with E-state index < -0.39 is 20.1 Å². The fourth-order valence-corrected chi connectivity index (χ4v) is 7.71. The number of anilines is 1. The van der Waals surface area contributed by atoms with E-state index in [1.807, 2.05) is 60.4 Å². The number of fused-ring (bicyclic) bond motifs is 1. The van der Waals surface area contributed by atoms with Crippen molar-refractivity contribution in [1.82, 2.24) is 4.90 Å². The third-order valence-electron chi connectivity index (χ3n) is 8.06. The van der Waals surface area contributed by atoms with Gasteiger partial charge in [-0.2, -0.15) is 0 Å². The number of aliphatic hydroxyl groups is 1. The summed E-state index contributed by atoms with van der Waals surface area (Å²) in [5, 5.41) is 9.63. The van der Waals surface area contributed by atoms with E-state index in [-0.39, 0.29) is 43.4 Å². The number of amides is 2. The Hall–Kier alpha value is -2.75. The van der Waals surface area contributed by atoms with E-state index in [0.717, 1.165) is 29.7 Å². The van der Waals surface area contributed by atoms with Gasteiger partial charge < -0.3 is 28.5 Å². The van der Waals surface area contributed by atoms with Crippen molar-refractivity contribution in [2.45, 2.75) is 70.0 Å². The Kier molecular flexibility index (Phi) is 9.46. The molecular formula is C30H41FN2O5Si. The van der Waals surface area contributed by atoms with Gasteiger partial charge in [-0.3, -0.25) is 9.59 Å². The fraction of sp³-hybridized carbons (Fsp3) is 0.533. The molecule has 4 atom stereocenters. The molecule has 0 spiro atoms. The van der Waals surface area contributed by atoms with Crippen LogP contribution in [0.2, 0.25) is 18.6 Å². The molecule has 2 aromatic rings. The molecular weight excluding hydrogens is 515 g/mol. The number of halogens is 1. The van der Waals surface area contributed by atoms with Crippen LogP contribution in [0, 0.1) is 5.92 Å². The number of carbonyl (C=O) groups is 2. The largest absolute Gasteiger partial charge is 0.490 e. The molecule has 2 aromatic carbocycles. The van der Waals surface area contributed by atoms with Gasteiger partial charge >= 0.3 is 0 Å². The highest BCUT2D eigenvalue weighted by atomic mass is 28.4. The standard InChI is InChI=1S/C30H41FN2O5Si/c1-21-29(37-2)24-18-23(33-15-9-8-12-27(33)35)13-14-25(24)38-30(21)26(39(3,4)31)19-28(36)32(16-17-34)20-22-10-6-5-7-11-22/h5-7,10-11,13-14,18,21,26,29-30,34H,8-9,12,15-17,19-20H2,1-4H3/t21-,26?,29-,30-/m0/s1. The minimum atomic E-state index is -3.39. The summed E-state index contributed by atoms with van der Waals surface area (Å²) in [6.07, 6.45) is 1.48. The van der Waals surface area contributed by atoms with E-state index >= 15 is 4.11 Å². The van der Waals surface area contributed by atoms with Gasteiger partial charge in [-0.1, -0.05) is 37.3 Å². The predicted molar refractivity (Wildman–Crippen MR) is 152 cm³/mol. The van der Waals surface area contributed by atoms with E-state index in [1.165, 1.54) is 0 Å². The Bertz CT molecular complexity index is 1140. The van der Waals surface area contributed by atoms with Crippen LogP contribution in [0.4, 0.5) is 9.80 Å². The van der Waals surface area contributed by atoms with Crippen molar-refractivity contribution >= 4 is 25.9 Å². The van der Waals surface area contributed by atoms with Crippen LogP contribution in [0.15, 0.2) is 48.5 Å². The lowest BCUT2D eigenvalue weighted by Gasteiger charge is -2.43. The number of ether oxygens (including phenoxy) is 2. The van der Waals surface area contributed by atoms with Gasteiger partial charge in [0, 0.05) is 62.3 Å². The molecule has 9 heteroatoms. The van der Waals surface area contributed by atoms with Crippen LogP contribution in [0.25, 0.3) is 0 Å². The third-order valence-corrected chi connectivity index (χ3v) is 10.4. The fourth-order valence-electron chi connectivity index (χ4n) is 5.90. The Morgan fingerprint density at radius 1 is 1.23 bits per heavy atom. The quantitative estimate of drug-likeness (QED) is 0.320. The van der Waals surface area contributed by atoms with Gasteiger partial charge in [0.2, 0.25) is 20.2 Å². The molecule has 4 rings (SSSR count). The highest BCUT2D eigenvalue weighted by molar-refractivity contribution is 6.72. The maximum absolute atomic E-state index is 16.0. The highest BCUT2D eigenvalue weighted by Crippen LogP contribution is 2.48. The highest BCUT2D eigenvalue weighted by Gasteiger charge is 2.48. The Morgan fingerprint density at radius 2 is 1.97 bits per heavy atom. The molecule has 1 fully saturated rings.